The maximum absolute atomic E-state index is 5.57. The van der Waals surface area contributed by atoms with E-state index in [1.165, 1.54) is 0 Å². The SMILES string of the molecule is CCCn1cc(OC(C)COC)cn1. The molecular weight excluding hydrogens is 180 g/mol. The fourth-order valence-corrected chi connectivity index (χ4v) is 1.26. The first-order valence-corrected chi connectivity index (χ1v) is 4.94. The summed E-state index contributed by atoms with van der Waals surface area (Å²) in [4.78, 5) is 0. The lowest BCUT2D eigenvalue weighted by molar-refractivity contribution is 0.0920. The third kappa shape index (κ3) is 3.38. The summed E-state index contributed by atoms with van der Waals surface area (Å²) in [6, 6.07) is 0. The van der Waals surface area contributed by atoms with Gasteiger partial charge in [0, 0.05) is 13.7 Å². The number of nitrogens with zero attached hydrogens (tertiary/aromatic N) is 2. The molecule has 0 aliphatic carbocycles. The first-order chi connectivity index (χ1) is 6.76. The molecule has 0 aliphatic heterocycles. The molecular formula is C10H18N2O2. The zero-order chi connectivity index (χ0) is 10.4. The lowest BCUT2D eigenvalue weighted by atomic mass is 10.4. The summed E-state index contributed by atoms with van der Waals surface area (Å²) in [7, 11) is 1.67. The molecule has 0 saturated heterocycles. The predicted octanol–water partition coefficient (Wildman–Crippen LogP) is 1.71. The molecule has 4 nitrogen and oxygen atoms in total. The molecule has 1 aromatic rings. The molecule has 0 radical (unpaired) electrons. The highest BCUT2D eigenvalue weighted by Crippen LogP contribution is 2.10. The van der Waals surface area contributed by atoms with Gasteiger partial charge < -0.3 is 9.47 Å². The number of hydrogen-bond acceptors (Lipinski definition) is 3. The van der Waals surface area contributed by atoms with E-state index in [1.54, 1.807) is 13.3 Å². The van der Waals surface area contributed by atoms with Gasteiger partial charge in [0.15, 0.2) is 5.75 Å². The molecule has 0 aromatic carbocycles. The molecule has 0 aliphatic rings. The van der Waals surface area contributed by atoms with Gasteiger partial charge in [-0.15, -0.1) is 0 Å². The van der Waals surface area contributed by atoms with E-state index in [2.05, 4.69) is 12.0 Å². The van der Waals surface area contributed by atoms with Gasteiger partial charge in [-0.1, -0.05) is 6.92 Å². The standard InChI is InChI=1S/C10H18N2O2/c1-4-5-12-7-10(6-11-12)14-9(2)8-13-3/h6-7,9H,4-5,8H2,1-3H3. The lowest BCUT2D eigenvalue weighted by Gasteiger charge is -2.10. The van der Waals surface area contributed by atoms with Gasteiger partial charge in [-0.05, 0) is 13.3 Å². The molecule has 0 saturated carbocycles. The molecule has 1 aromatic heterocycles. The summed E-state index contributed by atoms with van der Waals surface area (Å²) < 4.78 is 12.4. The number of aromatic nitrogens is 2. The second-order valence-electron chi connectivity index (χ2n) is 3.32. The quantitative estimate of drug-likeness (QED) is 0.698. The van der Waals surface area contributed by atoms with Crippen molar-refractivity contribution in [2.45, 2.75) is 32.9 Å². The number of ether oxygens (including phenoxy) is 2. The third-order valence-electron chi connectivity index (χ3n) is 1.80. The van der Waals surface area contributed by atoms with Crippen LogP contribution in [-0.4, -0.2) is 29.6 Å². The van der Waals surface area contributed by atoms with Crippen molar-refractivity contribution in [1.29, 1.82) is 0 Å². The summed E-state index contributed by atoms with van der Waals surface area (Å²) in [6.07, 6.45) is 4.80. The van der Waals surface area contributed by atoms with Crippen LogP contribution in [0.4, 0.5) is 0 Å². The summed E-state index contributed by atoms with van der Waals surface area (Å²) in [5.74, 6) is 0.808. The van der Waals surface area contributed by atoms with Gasteiger partial charge in [-0.25, -0.2) is 0 Å². The van der Waals surface area contributed by atoms with Crippen LogP contribution in [0, 0.1) is 0 Å². The Balaban J connectivity index is 2.42. The van der Waals surface area contributed by atoms with E-state index in [0.29, 0.717) is 6.61 Å². The smallest absolute Gasteiger partial charge is 0.157 e. The van der Waals surface area contributed by atoms with E-state index in [4.69, 9.17) is 9.47 Å². The lowest BCUT2D eigenvalue weighted by Crippen LogP contribution is -2.17. The van der Waals surface area contributed by atoms with Crippen LogP contribution in [-0.2, 0) is 11.3 Å². The van der Waals surface area contributed by atoms with Crippen molar-refractivity contribution in [3.63, 3.8) is 0 Å². The van der Waals surface area contributed by atoms with Crippen LogP contribution in [0.25, 0.3) is 0 Å². The van der Waals surface area contributed by atoms with Crippen molar-refractivity contribution in [2.75, 3.05) is 13.7 Å². The summed E-state index contributed by atoms with van der Waals surface area (Å²) in [6.45, 7) is 5.62. The van der Waals surface area contributed by atoms with E-state index < -0.39 is 0 Å². The molecule has 1 unspecified atom stereocenters. The van der Waals surface area contributed by atoms with Gasteiger partial charge in [-0.3, -0.25) is 4.68 Å². The van der Waals surface area contributed by atoms with Crippen molar-refractivity contribution in [2.24, 2.45) is 0 Å². The number of aryl methyl sites for hydroxylation is 1. The number of methoxy groups -OCH3 is 1. The Morgan fingerprint density at radius 1 is 1.57 bits per heavy atom. The van der Waals surface area contributed by atoms with E-state index in [-0.39, 0.29) is 6.10 Å². The summed E-state index contributed by atoms with van der Waals surface area (Å²) >= 11 is 0. The second kappa shape index (κ2) is 5.65. The Bertz CT molecular complexity index is 260. The van der Waals surface area contributed by atoms with Gasteiger partial charge >= 0.3 is 0 Å². The van der Waals surface area contributed by atoms with Crippen molar-refractivity contribution >= 4 is 0 Å². The average molecular weight is 198 g/mol. The zero-order valence-corrected chi connectivity index (χ0v) is 9.06. The van der Waals surface area contributed by atoms with E-state index in [0.717, 1.165) is 18.7 Å². The van der Waals surface area contributed by atoms with Crippen molar-refractivity contribution in [3.05, 3.63) is 12.4 Å². The van der Waals surface area contributed by atoms with Gasteiger partial charge in [0.1, 0.15) is 6.10 Å². The first-order valence-electron chi connectivity index (χ1n) is 4.94. The molecule has 1 rings (SSSR count). The van der Waals surface area contributed by atoms with Crippen LogP contribution in [0.2, 0.25) is 0 Å². The monoisotopic (exact) mass is 198 g/mol. The largest absolute Gasteiger partial charge is 0.485 e. The van der Waals surface area contributed by atoms with Crippen molar-refractivity contribution in [3.8, 4) is 5.75 Å². The maximum atomic E-state index is 5.57. The van der Waals surface area contributed by atoms with Gasteiger partial charge in [0.25, 0.3) is 0 Å². The van der Waals surface area contributed by atoms with Gasteiger partial charge in [0.2, 0.25) is 0 Å². The van der Waals surface area contributed by atoms with Gasteiger partial charge in [0.05, 0.1) is 19.0 Å². The normalized spacial score (nSPS) is 12.8. The first kappa shape index (κ1) is 11.0. The maximum Gasteiger partial charge on any atom is 0.157 e. The third-order valence-corrected chi connectivity index (χ3v) is 1.80. The fraction of sp³-hybridized carbons (Fsp3) is 0.700. The Hall–Kier alpha value is -1.03. The topological polar surface area (TPSA) is 36.3 Å². The minimum absolute atomic E-state index is 0.0688. The molecule has 0 bridgehead atoms. The molecule has 4 heteroatoms. The minimum Gasteiger partial charge on any atom is -0.485 e. The molecule has 80 valence electrons. The van der Waals surface area contributed by atoms with Crippen molar-refractivity contribution in [1.82, 2.24) is 9.78 Å². The van der Waals surface area contributed by atoms with Gasteiger partial charge in [-0.2, -0.15) is 5.10 Å². The van der Waals surface area contributed by atoms with Crippen LogP contribution in [0.1, 0.15) is 20.3 Å². The van der Waals surface area contributed by atoms with Crippen LogP contribution in [0.5, 0.6) is 5.75 Å². The zero-order valence-electron chi connectivity index (χ0n) is 9.06. The predicted molar refractivity (Wildman–Crippen MR) is 54.5 cm³/mol. The van der Waals surface area contributed by atoms with Crippen LogP contribution >= 0.6 is 0 Å². The highest BCUT2D eigenvalue weighted by atomic mass is 16.5. The molecule has 0 fully saturated rings. The Kier molecular flexibility index (Phi) is 4.46. The minimum atomic E-state index is 0.0688. The fourth-order valence-electron chi connectivity index (χ4n) is 1.26. The van der Waals surface area contributed by atoms with Crippen LogP contribution < -0.4 is 4.74 Å². The van der Waals surface area contributed by atoms with Crippen LogP contribution in [0.15, 0.2) is 12.4 Å². The Morgan fingerprint density at radius 3 is 3.00 bits per heavy atom. The highest BCUT2D eigenvalue weighted by molar-refractivity contribution is 5.11. The van der Waals surface area contributed by atoms with Crippen LogP contribution in [0.3, 0.4) is 0 Å². The Morgan fingerprint density at radius 2 is 2.36 bits per heavy atom. The average Bonchev–Trinajstić information content (AvgIpc) is 2.53. The molecule has 1 atom stereocenters. The molecule has 14 heavy (non-hydrogen) atoms. The van der Waals surface area contributed by atoms with E-state index in [1.807, 2.05) is 17.8 Å². The summed E-state index contributed by atoms with van der Waals surface area (Å²) in [5, 5.41) is 4.17. The summed E-state index contributed by atoms with van der Waals surface area (Å²) in [5.41, 5.74) is 0. The van der Waals surface area contributed by atoms with E-state index in [9.17, 15) is 0 Å². The van der Waals surface area contributed by atoms with E-state index >= 15 is 0 Å². The Labute approximate surface area is 84.8 Å². The number of hydrogen-bond donors (Lipinski definition) is 0. The number of rotatable bonds is 6. The molecule has 0 N–H and O–H groups in total. The molecule has 0 spiro atoms. The molecule has 1 heterocycles. The molecule has 0 amide bonds. The second-order valence-corrected chi connectivity index (χ2v) is 3.32. The highest BCUT2D eigenvalue weighted by Gasteiger charge is 2.04. The van der Waals surface area contributed by atoms with Crippen molar-refractivity contribution < 1.29 is 9.47 Å².